The molecule has 2 atom stereocenters. The van der Waals surface area contributed by atoms with Crippen LogP contribution in [0.2, 0.25) is 0 Å². The summed E-state index contributed by atoms with van der Waals surface area (Å²) < 4.78 is 17.3. The SMILES string of the molecule is CCCCCCCCCCC/C=C/CCCCCCCCCC(=O)OC(COCCC(C(=O)[O-])[N+](C)(C)C)COC(=O)CCCCCCC/C=C/CCCCCCCCCCC. The minimum atomic E-state index is -1.12. The number of likely N-dealkylation sites (N-methyl/N-ethyl adjacent to an activating group) is 1. The van der Waals surface area contributed by atoms with Crippen LogP contribution >= 0.6 is 0 Å². The van der Waals surface area contributed by atoms with Gasteiger partial charge in [-0.2, -0.15) is 0 Å². The first-order valence-corrected chi connectivity index (χ1v) is 26.4. The van der Waals surface area contributed by atoms with Crippen LogP contribution in [0.1, 0.15) is 251 Å². The van der Waals surface area contributed by atoms with E-state index in [0.717, 1.165) is 51.4 Å². The highest BCUT2D eigenvalue weighted by atomic mass is 16.6. The third-order valence-electron chi connectivity index (χ3n) is 12.1. The number of carbonyl (C=O) groups excluding carboxylic acids is 3. The maximum atomic E-state index is 12.8. The zero-order chi connectivity index (χ0) is 45.6. The molecule has 0 aliphatic heterocycles. The molecule has 8 heteroatoms. The molecular weight excluding hydrogens is 775 g/mol. The van der Waals surface area contributed by atoms with Gasteiger partial charge in [0.25, 0.3) is 0 Å². The lowest BCUT2D eigenvalue weighted by Crippen LogP contribution is -2.55. The third kappa shape index (κ3) is 43.1. The Morgan fingerprint density at radius 3 is 1.16 bits per heavy atom. The molecule has 0 aliphatic carbocycles. The second kappa shape index (κ2) is 45.4. The fourth-order valence-electron chi connectivity index (χ4n) is 7.94. The number of carbonyl (C=O) groups is 3. The molecule has 0 amide bonds. The van der Waals surface area contributed by atoms with Crippen molar-refractivity contribution < 1.29 is 38.2 Å². The number of allylic oxidation sites excluding steroid dienone is 4. The van der Waals surface area contributed by atoms with E-state index in [1.54, 1.807) is 21.1 Å². The van der Waals surface area contributed by atoms with E-state index in [-0.39, 0.29) is 42.7 Å². The quantitative estimate of drug-likeness (QED) is 0.0260. The highest BCUT2D eigenvalue weighted by Gasteiger charge is 2.25. The average molecular weight is 876 g/mol. The summed E-state index contributed by atoms with van der Waals surface area (Å²) in [6.45, 7) is 4.69. The van der Waals surface area contributed by atoms with Crippen LogP contribution in [-0.4, -0.2) is 75.5 Å². The van der Waals surface area contributed by atoms with E-state index in [1.165, 1.54) is 167 Å². The van der Waals surface area contributed by atoms with Gasteiger partial charge in [0.1, 0.15) is 12.6 Å². The lowest BCUT2D eigenvalue weighted by Gasteiger charge is -2.34. The number of aliphatic carboxylic acids is 1. The molecule has 8 nitrogen and oxygen atoms in total. The lowest BCUT2D eigenvalue weighted by molar-refractivity contribution is -0.889. The second-order valence-corrected chi connectivity index (χ2v) is 19.1. The molecule has 364 valence electrons. The molecule has 0 N–H and O–H groups in total. The van der Waals surface area contributed by atoms with Gasteiger partial charge >= 0.3 is 11.9 Å². The van der Waals surface area contributed by atoms with Gasteiger partial charge in [-0.05, 0) is 64.2 Å². The largest absolute Gasteiger partial charge is 0.544 e. The number of rotatable bonds is 48. The van der Waals surface area contributed by atoms with Crippen molar-refractivity contribution in [2.24, 2.45) is 0 Å². The van der Waals surface area contributed by atoms with E-state index in [1.807, 2.05) is 0 Å². The normalized spacial score (nSPS) is 13.0. The van der Waals surface area contributed by atoms with E-state index in [0.29, 0.717) is 12.8 Å². The number of nitrogens with zero attached hydrogens (tertiary/aromatic N) is 1. The van der Waals surface area contributed by atoms with Crippen molar-refractivity contribution in [3.63, 3.8) is 0 Å². The Morgan fingerprint density at radius 1 is 0.468 bits per heavy atom. The molecule has 0 aliphatic rings. The van der Waals surface area contributed by atoms with E-state index in [2.05, 4.69) is 38.2 Å². The van der Waals surface area contributed by atoms with Crippen LogP contribution in [0.5, 0.6) is 0 Å². The molecule has 0 radical (unpaired) electrons. The number of hydrogen-bond donors (Lipinski definition) is 0. The summed E-state index contributed by atoms with van der Waals surface area (Å²) in [6, 6.07) is -0.726. The predicted molar refractivity (Wildman–Crippen MR) is 259 cm³/mol. The smallest absolute Gasteiger partial charge is 0.306 e. The molecule has 0 fully saturated rings. The zero-order valence-electron chi connectivity index (χ0n) is 41.6. The second-order valence-electron chi connectivity index (χ2n) is 19.1. The Labute approximate surface area is 383 Å². The van der Waals surface area contributed by atoms with Gasteiger partial charge in [0.2, 0.25) is 0 Å². The third-order valence-corrected chi connectivity index (χ3v) is 12.1. The van der Waals surface area contributed by atoms with Crippen LogP contribution in [0.4, 0.5) is 0 Å². The molecule has 0 rings (SSSR count). The Morgan fingerprint density at radius 2 is 0.806 bits per heavy atom. The van der Waals surface area contributed by atoms with E-state index >= 15 is 0 Å². The summed E-state index contributed by atoms with van der Waals surface area (Å²) in [5, 5.41) is 11.7. The van der Waals surface area contributed by atoms with E-state index in [4.69, 9.17) is 14.2 Å². The summed E-state index contributed by atoms with van der Waals surface area (Å²) in [7, 11) is 5.42. The molecule has 0 spiro atoms. The summed E-state index contributed by atoms with van der Waals surface area (Å²) in [5.74, 6) is -1.74. The van der Waals surface area contributed by atoms with Gasteiger partial charge in [-0.1, -0.05) is 192 Å². The van der Waals surface area contributed by atoms with E-state index < -0.39 is 18.1 Å². The minimum Gasteiger partial charge on any atom is -0.544 e. The molecule has 0 heterocycles. The van der Waals surface area contributed by atoms with Crippen LogP contribution in [-0.2, 0) is 28.6 Å². The number of carboxylic acids is 1. The Hall–Kier alpha value is -2.19. The fraction of sp³-hybridized carbons (Fsp3) is 0.870. The number of carboxylic acid groups (broad SMARTS) is 1. The molecule has 0 saturated carbocycles. The zero-order valence-corrected chi connectivity index (χ0v) is 41.6. The Balaban J connectivity index is 4.23. The minimum absolute atomic E-state index is 0.0397. The summed E-state index contributed by atoms with van der Waals surface area (Å²) in [6.07, 6.45) is 52.1. The van der Waals surface area contributed by atoms with Gasteiger partial charge in [0.15, 0.2) is 6.10 Å². The van der Waals surface area contributed by atoms with Crippen LogP contribution in [0.25, 0.3) is 0 Å². The van der Waals surface area contributed by atoms with Crippen molar-refractivity contribution in [1.29, 1.82) is 0 Å². The molecule has 0 bridgehead atoms. The fourth-order valence-corrected chi connectivity index (χ4v) is 7.94. The van der Waals surface area contributed by atoms with Gasteiger partial charge in [0, 0.05) is 19.3 Å². The van der Waals surface area contributed by atoms with Crippen LogP contribution < -0.4 is 5.11 Å². The molecular formula is C54H101NO7. The van der Waals surface area contributed by atoms with Gasteiger partial charge < -0.3 is 28.6 Å². The van der Waals surface area contributed by atoms with Crippen molar-refractivity contribution in [3.05, 3.63) is 24.3 Å². The number of quaternary nitrogens is 1. The standard InChI is InChI=1S/C54H101NO7/c1-6-8-10-12-14-16-18-20-22-24-26-27-29-31-33-35-37-39-41-43-45-53(57)62-50(48-60-47-46-51(54(58)59)55(3,4)5)49-61-52(56)44-42-40-38-36-34-32-30-28-25-23-21-19-17-15-13-11-9-7-2/h26-28,30,50-51H,6-25,29,31-49H2,1-5H3/b27-26+,30-28+. The van der Waals surface area contributed by atoms with E-state index in [9.17, 15) is 19.5 Å². The number of esters is 2. The van der Waals surface area contributed by atoms with Crippen LogP contribution in [0.15, 0.2) is 24.3 Å². The highest BCUT2D eigenvalue weighted by molar-refractivity contribution is 5.70. The van der Waals surface area contributed by atoms with Crippen LogP contribution in [0.3, 0.4) is 0 Å². The van der Waals surface area contributed by atoms with Crippen molar-refractivity contribution in [2.45, 2.75) is 264 Å². The molecule has 0 aromatic heterocycles. The maximum Gasteiger partial charge on any atom is 0.306 e. The Bertz CT molecular complexity index is 1070. The summed E-state index contributed by atoms with van der Waals surface area (Å²) in [5.41, 5.74) is 0. The molecule has 62 heavy (non-hydrogen) atoms. The van der Waals surface area contributed by atoms with Crippen molar-refractivity contribution in [3.8, 4) is 0 Å². The van der Waals surface area contributed by atoms with Gasteiger partial charge in [-0.3, -0.25) is 9.59 Å². The first kappa shape index (κ1) is 59.8. The van der Waals surface area contributed by atoms with Crippen molar-refractivity contribution in [1.82, 2.24) is 0 Å². The number of unbranched alkanes of at least 4 members (excludes halogenated alkanes) is 30. The van der Waals surface area contributed by atoms with Crippen molar-refractivity contribution in [2.75, 3.05) is 41.0 Å². The molecule has 0 aromatic carbocycles. The van der Waals surface area contributed by atoms with Gasteiger partial charge in [-0.25, -0.2) is 0 Å². The van der Waals surface area contributed by atoms with Gasteiger partial charge in [-0.15, -0.1) is 0 Å². The maximum absolute atomic E-state index is 12.8. The Kier molecular flexibility index (Phi) is 43.8. The predicted octanol–water partition coefficient (Wildman–Crippen LogP) is 13.9. The molecule has 0 saturated heterocycles. The van der Waals surface area contributed by atoms with Crippen LogP contribution in [0, 0.1) is 0 Å². The molecule has 0 aromatic rings. The van der Waals surface area contributed by atoms with Crippen molar-refractivity contribution >= 4 is 17.9 Å². The highest BCUT2D eigenvalue weighted by Crippen LogP contribution is 2.15. The number of hydrogen-bond acceptors (Lipinski definition) is 7. The summed E-state index contributed by atoms with van der Waals surface area (Å²) in [4.78, 5) is 37.0. The monoisotopic (exact) mass is 876 g/mol. The number of ether oxygens (including phenoxy) is 3. The average Bonchev–Trinajstić information content (AvgIpc) is 3.23. The first-order chi connectivity index (χ1) is 30.1. The first-order valence-electron chi connectivity index (χ1n) is 26.4. The molecule has 2 unspecified atom stereocenters. The van der Waals surface area contributed by atoms with Gasteiger partial charge in [0.05, 0.1) is 40.3 Å². The lowest BCUT2D eigenvalue weighted by atomic mass is 10.1. The summed E-state index contributed by atoms with van der Waals surface area (Å²) >= 11 is 0. The topological polar surface area (TPSA) is 102 Å².